The smallest absolute Gasteiger partial charge is 0.395 e. The minimum atomic E-state index is -4.79. The molecule has 0 aromatic carbocycles. The molecule has 0 aliphatic heterocycles. The van der Waals surface area contributed by atoms with Crippen molar-refractivity contribution < 1.29 is 26.7 Å². The van der Waals surface area contributed by atoms with E-state index in [1.807, 2.05) is 0 Å². The highest BCUT2D eigenvalue weighted by atomic mass is 32.2. The molecule has 0 fully saturated rings. The van der Waals surface area contributed by atoms with Crippen molar-refractivity contribution >= 4 is 10.0 Å². The highest BCUT2D eigenvalue weighted by molar-refractivity contribution is 7.89. The number of hydrogen-bond donors (Lipinski definition) is 1. The van der Waals surface area contributed by atoms with Gasteiger partial charge in [-0.1, -0.05) is 6.92 Å². The lowest BCUT2D eigenvalue weighted by Gasteiger charge is -2.21. The zero-order chi connectivity index (χ0) is 14.7. The normalized spacial score (nSPS) is 12.9. The third-order valence-corrected chi connectivity index (χ3v) is 4.41. The summed E-state index contributed by atoms with van der Waals surface area (Å²) in [5.74, 6) is 0. The standard InChI is InChI=1S/C10H13F3N2O3S/c1-2-15(5-6-16)19(17,18)9-7-14-4-3-8(9)10(11,12)13/h3-4,7,16H,2,5-6H2,1H3. The maximum absolute atomic E-state index is 12.8. The Morgan fingerprint density at radius 2 is 2.05 bits per heavy atom. The molecule has 0 saturated carbocycles. The Hall–Kier alpha value is -1.19. The van der Waals surface area contributed by atoms with Gasteiger partial charge in [0.25, 0.3) is 0 Å². The number of rotatable bonds is 5. The molecule has 0 atom stereocenters. The number of likely N-dealkylation sites (N-methyl/N-ethyl adjacent to an activating group) is 1. The fourth-order valence-corrected chi connectivity index (χ4v) is 3.11. The van der Waals surface area contributed by atoms with Gasteiger partial charge in [0.05, 0.1) is 12.2 Å². The summed E-state index contributed by atoms with van der Waals surface area (Å²) in [5.41, 5.74) is -1.26. The predicted octanol–water partition coefficient (Wildman–Crippen LogP) is 1.10. The van der Waals surface area contributed by atoms with Gasteiger partial charge in [-0.3, -0.25) is 4.98 Å². The zero-order valence-corrected chi connectivity index (χ0v) is 10.9. The average molecular weight is 298 g/mol. The Balaban J connectivity index is 3.37. The average Bonchev–Trinajstić information content (AvgIpc) is 2.34. The first kappa shape index (κ1) is 15.9. The Morgan fingerprint density at radius 1 is 1.42 bits per heavy atom. The number of pyridine rings is 1. The van der Waals surface area contributed by atoms with E-state index in [0.29, 0.717) is 12.3 Å². The van der Waals surface area contributed by atoms with Crippen LogP contribution in [0.3, 0.4) is 0 Å². The summed E-state index contributed by atoms with van der Waals surface area (Å²) in [7, 11) is -4.34. The van der Waals surface area contributed by atoms with Crippen LogP contribution in [0.1, 0.15) is 12.5 Å². The van der Waals surface area contributed by atoms with Crippen LogP contribution in [-0.4, -0.2) is 42.5 Å². The molecule has 0 radical (unpaired) electrons. The Morgan fingerprint density at radius 3 is 2.53 bits per heavy atom. The van der Waals surface area contributed by atoms with Gasteiger partial charge in [-0.25, -0.2) is 8.42 Å². The van der Waals surface area contributed by atoms with Crippen molar-refractivity contribution in [3.05, 3.63) is 24.0 Å². The van der Waals surface area contributed by atoms with E-state index in [1.165, 1.54) is 6.92 Å². The topological polar surface area (TPSA) is 70.5 Å². The van der Waals surface area contributed by atoms with Gasteiger partial charge < -0.3 is 5.11 Å². The fraction of sp³-hybridized carbons (Fsp3) is 0.500. The van der Waals surface area contributed by atoms with Crippen molar-refractivity contribution in [2.75, 3.05) is 19.7 Å². The van der Waals surface area contributed by atoms with Gasteiger partial charge in [-0.2, -0.15) is 17.5 Å². The molecule has 1 aromatic rings. The molecule has 1 aromatic heterocycles. The Labute approximate surface area is 108 Å². The van der Waals surface area contributed by atoms with Crippen LogP contribution in [0.2, 0.25) is 0 Å². The second-order valence-corrected chi connectivity index (χ2v) is 5.50. The molecule has 0 unspecified atom stereocenters. The zero-order valence-electron chi connectivity index (χ0n) is 10.1. The summed E-state index contributed by atoms with van der Waals surface area (Å²) < 4.78 is 63.3. The number of aromatic nitrogens is 1. The Kier molecular flexibility index (Phi) is 4.88. The summed E-state index contributed by atoms with van der Waals surface area (Å²) >= 11 is 0. The summed E-state index contributed by atoms with van der Waals surface area (Å²) in [4.78, 5) is 2.53. The molecule has 0 aliphatic carbocycles. The summed E-state index contributed by atoms with van der Waals surface area (Å²) in [6.07, 6.45) is -3.24. The first-order valence-corrected chi connectivity index (χ1v) is 6.81. The Bertz CT molecular complexity index is 531. The van der Waals surface area contributed by atoms with E-state index in [4.69, 9.17) is 5.11 Å². The van der Waals surface area contributed by atoms with Crippen LogP contribution in [-0.2, 0) is 16.2 Å². The molecule has 0 spiro atoms. The minimum absolute atomic E-state index is 0.0465. The number of alkyl halides is 3. The lowest BCUT2D eigenvalue weighted by atomic mass is 10.3. The second kappa shape index (κ2) is 5.85. The van der Waals surface area contributed by atoms with E-state index >= 15 is 0 Å². The number of halogens is 3. The van der Waals surface area contributed by atoms with E-state index < -0.39 is 33.3 Å². The summed E-state index contributed by atoms with van der Waals surface area (Å²) in [5, 5.41) is 8.76. The molecule has 0 saturated heterocycles. The SMILES string of the molecule is CCN(CCO)S(=O)(=O)c1cnccc1C(F)(F)F. The van der Waals surface area contributed by atoms with E-state index in [2.05, 4.69) is 4.98 Å². The van der Waals surface area contributed by atoms with E-state index in [9.17, 15) is 21.6 Å². The molecule has 0 bridgehead atoms. The van der Waals surface area contributed by atoms with Crippen LogP contribution >= 0.6 is 0 Å². The van der Waals surface area contributed by atoms with Gasteiger partial charge in [-0.05, 0) is 6.07 Å². The van der Waals surface area contributed by atoms with E-state index in [1.54, 1.807) is 0 Å². The molecule has 1 heterocycles. The molecule has 0 amide bonds. The number of aliphatic hydroxyl groups is 1. The molecule has 19 heavy (non-hydrogen) atoms. The minimum Gasteiger partial charge on any atom is -0.395 e. The van der Waals surface area contributed by atoms with Crippen LogP contribution < -0.4 is 0 Å². The van der Waals surface area contributed by atoms with Gasteiger partial charge in [0, 0.05) is 25.5 Å². The van der Waals surface area contributed by atoms with Crippen LogP contribution in [0.4, 0.5) is 13.2 Å². The third kappa shape index (κ3) is 3.43. The third-order valence-electron chi connectivity index (χ3n) is 2.41. The molecule has 108 valence electrons. The van der Waals surface area contributed by atoms with Crippen molar-refractivity contribution in [1.82, 2.24) is 9.29 Å². The molecule has 1 rings (SSSR count). The highest BCUT2D eigenvalue weighted by Crippen LogP contribution is 2.34. The molecular weight excluding hydrogens is 285 g/mol. The summed E-state index contributed by atoms with van der Waals surface area (Å²) in [6, 6.07) is 0.611. The first-order chi connectivity index (χ1) is 8.75. The predicted molar refractivity (Wildman–Crippen MR) is 60.8 cm³/mol. The van der Waals surface area contributed by atoms with Crippen LogP contribution in [0.25, 0.3) is 0 Å². The summed E-state index contributed by atoms with van der Waals surface area (Å²) in [6.45, 7) is 0.672. The molecular formula is C10H13F3N2O3S. The van der Waals surface area contributed by atoms with E-state index in [-0.39, 0.29) is 13.1 Å². The van der Waals surface area contributed by atoms with Gasteiger partial charge >= 0.3 is 6.18 Å². The van der Waals surface area contributed by atoms with Gasteiger partial charge in [0.2, 0.25) is 10.0 Å². The second-order valence-electron chi connectivity index (χ2n) is 3.59. The maximum Gasteiger partial charge on any atom is 0.417 e. The first-order valence-electron chi connectivity index (χ1n) is 5.37. The number of hydrogen-bond acceptors (Lipinski definition) is 4. The van der Waals surface area contributed by atoms with Crippen LogP contribution in [0.15, 0.2) is 23.4 Å². The highest BCUT2D eigenvalue weighted by Gasteiger charge is 2.38. The number of aliphatic hydroxyl groups excluding tert-OH is 1. The van der Waals surface area contributed by atoms with Crippen molar-refractivity contribution in [1.29, 1.82) is 0 Å². The molecule has 5 nitrogen and oxygen atoms in total. The van der Waals surface area contributed by atoms with Crippen molar-refractivity contribution in [3.8, 4) is 0 Å². The van der Waals surface area contributed by atoms with Gasteiger partial charge in [0.1, 0.15) is 4.90 Å². The van der Waals surface area contributed by atoms with E-state index in [0.717, 1.165) is 10.5 Å². The van der Waals surface area contributed by atoms with Crippen molar-refractivity contribution in [3.63, 3.8) is 0 Å². The lowest BCUT2D eigenvalue weighted by Crippen LogP contribution is -2.34. The number of nitrogens with zero attached hydrogens (tertiary/aromatic N) is 2. The molecule has 9 heteroatoms. The number of sulfonamides is 1. The van der Waals surface area contributed by atoms with Crippen LogP contribution in [0.5, 0.6) is 0 Å². The van der Waals surface area contributed by atoms with Crippen LogP contribution in [0, 0.1) is 0 Å². The van der Waals surface area contributed by atoms with Crippen molar-refractivity contribution in [2.45, 2.75) is 18.0 Å². The lowest BCUT2D eigenvalue weighted by molar-refractivity contribution is -0.140. The van der Waals surface area contributed by atoms with Gasteiger partial charge in [0.15, 0.2) is 0 Å². The van der Waals surface area contributed by atoms with Crippen molar-refractivity contribution in [2.24, 2.45) is 0 Å². The molecule has 0 aliphatic rings. The maximum atomic E-state index is 12.8. The molecule has 1 N–H and O–H groups in total. The monoisotopic (exact) mass is 298 g/mol. The largest absolute Gasteiger partial charge is 0.417 e. The van der Waals surface area contributed by atoms with Gasteiger partial charge in [-0.15, -0.1) is 0 Å². The fourth-order valence-electron chi connectivity index (χ4n) is 1.52. The quantitative estimate of drug-likeness (QED) is 0.884.